The summed E-state index contributed by atoms with van der Waals surface area (Å²) >= 11 is 6.08. The molecule has 1 aliphatic rings. The number of ketones is 1. The third-order valence-corrected chi connectivity index (χ3v) is 5.75. The van der Waals surface area contributed by atoms with Crippen molar-refractivity contribution < 1.29 is 9.59 Å². The van der Waals surface area contributed by atoms with Crippen molar-refractivity contribution in [2.24, 2.45) is 7.05 Å². The van der Waals surface area contributed by atoms with E-state index in [0.717, 1.165) is 43.1 Å². The molecule has 0 unspecified atom stereocenters. The van der Waals surface area contributed by atoms with Crippen molar-refractivity contribution in [3.05, 3.63) is 52.3 Å². The molecule has 0 atom stereocenters. The maximum Gasteiger partial charge on any atom is 0.238 e. The van der Waals surface area contributed by atoms with Crippen LogP contribution in [0.2, 0.25) is 5.02 Å². The van der Waals surface area contributed by atoms with E-state index in [2.05, 4.69) is 15.1 Å². The van der Waals surface area contributed by atoms with Crippen LogP contribution in [0, 0.1) is 13.8 Å². The Morgan fingerprint density at radius 2 is 1.64 bits per heavy atom. The molecule has 1 aliphatic heterocycles. The minimum Gasteiger partial charge on any atom is -0.351 e. The summed E-state index contributed by atoms with van der Waals surface area (Å²) in [6.07, 6.45) is 0. The third-order valence-electron chi connectivity index (χ3n) is 5.42. The number of benzene rings is 1. The molecule has 28 heavy (non-hydrogen) atoms. The molecule has 1 saturated heterocycles. The maximum atomic E-state index is 12.6. The van der Waals surface area contributed by atoms with E-state index < -0.39 is 0 Å². The fourth-order valence-electron chi connectivity index (χ4n) is 3.49. The number of Topliss-reactive ketones (excluding diaryl/α,β-unsaturated/α-hetero) is 1. The van der Waals surface area contributed by atoms with Crippen LogP contribution >= 0.6 is 11.6 Å². The number of amides is 1. The number of aromatic nitrogens is 1. The van der Waals surface area contributed by atoms with Gasteiger partial charge in [-0.25, -0.2) is 0 Å². The predicted octanol–water partition coefficient (Wildman–Crippen LogP) is 2.73. The second kappa shape index (κ2) is 8.90. The molecule has 150 valence electrons. The SMILES string of the molecule is Cc1cc(C(=O)CN2CCN(CC(=O)Nc3ccccc3Cl)CC2)c(C)n1C. The number of hydrogen-bond donors (Lipinski definition) is 1. The number of rotatable bonds is 6. The molecule has 0 saturated carbocycles. The number of halogens is 1. The number of hydrogen-bond acceptors (Lipinski definition) is 4. The molecule has 2 aromatic rings. The lowest BCUT2D eigenvalue weighted by Crippen LogP contribution is -2.49. The Bertz CT molecular complexity index is 869. The Morgan fingerprint density at radius 1 is 1.04 bits per heavy atom. The number of aryl methyl sites for hydroxylation is 1. The topological polar surface area (TPSA) is 57.6 Å². The van der Waals surface area contributed by atoms with Gasteiger partial charge in [0.2, 0.25) is 5.91 Å². The molecule has 7 heteroatoms. The molecular formula is C21H27ClN4O2. The molecule has 1 N–H and O–H groups in total. The van der Waals surface area contributed by atoms with Gasteiger partial charge in [-0.15, -0.1) is 0 Å². The highest BCUT2D eigenvalue weighted by Gasteiger charge is 2.22. The lowest BCUT2D eigenvalue weighted by molar-refractivity contribution is -0.117. The summed E-state index contributed by atoms with van der Waals surface area (Å²) in [6, 6.07) is 9.18. The average molecular weight is 403 g/mol. The van der Waals surface area contributed by atoms with Gasteiger partial charge < -0.3 is 9.88 Å². The highest BCUT2D eigenvalue weighted by Crippen LogP contribution is 2.20. The van der Waals surface area contributed by atoms with E-state index in [1.807, 2.05) is 43.7 Å². The summed E-state index contributed by atoms with van der Waals surface area (Å²) in [7, 11) is 1.98. The normalized spacial score (nSPS) is 15.6. The van der Waals surface area contributed by atoms with Crippen LogP contribution in [-0.4, -0.2) is 65.3 Å². The van der Waals surface area contributed by atoms with Crippen molar-refractivity contribution in [1.82, 2.24) is 14.4 Å². The first kappa shape index (κ1) is 20.6. The Morgan fingerprint density at radius 3 is 2.21 bits per heavy atom. The Labute approximate surface area is 171 Å². The molecule has 2 heterocycles. The maximum absolute atomic E-state index is 12.6. The van der Waals surface area contributed by atoms with Crippen molar-refractivity contribution in [3.8, 4) is 0 Å². The van der Waals surface area contributed by atoms with Crippen molar-refractivity contribution in [2.75, 3.05) is 44.6 Å². The van der Waals surface area contributed by atoms with Crippen LogP contribution in [0.15, 0.2) is 30.3 Å². The van der Waals surface area contributed by atoms with Crippen molar-refractivity contribution >= 4 is 29.0 Å². The highest BCUT2D eigenvalue weighted by molar-refractivity contribution is 6.33. The van der Waals surface area contributed by atoms with Gasteiger partial charge in [0.25, 0.3) is 0 Å². The van der Waals surface area contributed by atoms with Crippen molar-refractivity contribution in [1.29, 1.82) is 0 Å². The first-order chi connectivity index (χ1) is 13.3. The molecule has 0 spiro atoms. The second-order valence-electron chi connectivity index (χ2n) is 7.35. The van der Waals surface area contributed by atoms with Gasteiger partial charge in [0, 0.05) is 50.2 Å². The number of carbonyl (C=O) groups is 2. The first-order valence-electron chi connectivity index (χ1n) is 9.50. The Balaban J connectivity index is 1.46. The number of nitrogens with zero attached hydrogens (tertiary/aromatic N) is 3. The summed E-state index contributed by atoms with van der Waals surface area (Å²) in [5.41, 5.74) is 3.54. The fraction of sp³-hybridized carbons (Fsp3) is 0.429. The number of anilines is 1. The van der Waals surface area contributed by atoms with E-state index >= 15 is 0 Å². The molecule has 0 radical (unpaired) electrons. The van der Waals surface area contributed by atoms with Gasteiger partial charge >= 0.3 is 0 Å². The zero-order chi connectivity index (χ0) is 20.3. The molecule has 6 nitrogen and oxygen atoms in total. The minimum absolute atomic E-state index is 0.0759. The molecule has 1 aromatic heterocycles. The monoisotopic (exact) mass is 402 g/mol. The molecule has 1 aromatic carbocycles. The van der Waals surface area contributed by atoms with E-state index in [4.69, 9.17) is 11.6 Å². The minimum atomic E-state index is -0.0759. The standard InChI is InChI=1S/C21H27ClN4O2/c1-15-12-17(16(2)24(15)3)20(27)13-25-8-10-26(11-9-25)14-21(28)23-19-7-5-4-6-18(19)22/h4-7,12H,8-11,13-14H2,1-3H3,(H,23,28). The largest absolute Gasteiger partial charge is 0.351 e. The van der Waals surface area contributed by atoms with E-state index in [9.17, 15) is 9.59 Å². The number of piperazine rings is 1. The molecule has 1 fully saturated rings. The lowest BCUT2D eigenvalue weighted by Gasteiger charge is -2.33. The van der Waals surface area contributed by atoms with Gasteiger partial charge in [0.15, 0.2) is 5.78 Å². The molecule has 3 rings (SSSR count). The van der Waals surface area contributed by atoms with Gasteiger partial charge in [0.05, 0.1) is 23.8 Å². The van der Waals surface area contributed by atoms with Gasteiger partial charge in [-0.1, -0.05) is 23.7 Å². The highest BCUT2D eigenvalue weighted by atomic mass is 35.5. The summed E-state index contributed by atoms with van der Waals surface area (Å²) in [5, 5.41) is 3.39. The van der Waals surface area contributed by atoms with Crippen LogP contribution in [0.25, 0.3) is 0 Å². The first-order valence-corrected chi connectivity index (χ1v) is 9.88. The molecule has 0 bridgehead atoms. The summed E-state index contributed by atoms with van der Waals surface area (Å²) in [5.74, 6) is 0.0825. The van der Waals surface area contributed by atoms with Gasteiger partial charge in [-0.3, -0.25) is 19.4 Å². The van der Waals surface area contributed by atoms with Crippen LogP contribution < -0.4 is 5.32 Å². The smallest absolute Gasteiger partial charge is 0.238 e. The number of carbonyl (C=O) groups excluding carboxylic acids is 2. The lowest BCUT2D eigenvalue weighted by atomic mass is 10.1. The predicted molar refractivity (Wildman–Crippen MR) is 112 cm³/mol. The van der Waals surface area contributed by atoms with Crippen molar-refractivity contribution in [2.45, 2.75) is 13.8 Å². The average Bonchev–Trinajstić information content (AvgIpc) is 2.93. The van der Waals surface area contributed by atoms with E-state index in [1.165, 1.54) is 0 Å². The number of nitrogens with one attached hydrogen (secondary N) is 1. The fourth-order valence-corrected chi connectivity index (χ4v) is 3.67. The second-order valence-corrected chi connectivity index (χ2v) is 7.75. The van der Waals surface area contributed by atoms with Crippen LogP contribution in [-0.2, 0) is 11.8 Å². The summed E-state index contributed by atoms with van der Waals surface area (Å²) < 4.78 is 2.04. The third kappa shape index (κ3) is 4.82. The van der Waals surface area contributed by atoms with Crippen LogP contribution in [0.4, 0.5) is 5.69 Å². The van der Waals surface area contributed by atoms with Gasteiger partial charge in [0.1, 0.15) is 0 Å². The van der Waals surface area contributed by atoms with Crippen molar-refractivity contribution in [3.63, 3.8) is 0 Å². The molecular weight excluding hydrogens is 376 g/mol. The quantitative estimate of drug-likeness (QED) is 0.755. The number of para-hydroxylation sites is 1. The van der Waals surface area contributed by atoms with Crippen LogP contribution in [0.3, 0.4) is 0 Å². The van der Waals surface area contributed by atoms with Crippen LogP contribution in [0.5, 0.6) is 0 Å². The summed E-state index contributed by atoms with van der Waals surface area (Å²) in [4.78, 5) is 29.2. The molecule has 1 amide bonds. The van der Waals surface area contributed by atoms with Gasteiger partial charge in [-0.2, -0.15) is 0 Å². The van der Waals surface area contributed by atoms with E-state index in [1.54, 1.807) is 12.1 Å². The molecule has 0 aliphatic carbocycles. The van der Waals surface area contributed by atoms with Crippen LogP contribution in [0.1, 0.15) is 21.7 Å². The van der Waals surface area contributed by atoms with Gasteiger partial charge in [-0.05, 0) is 32.0 Å². The Kier molecular flexibility index (Phi) is 6.54. The Hall–Kier alpha value is -2.15. The summed E-state index contributed by atoms with van der Waals surface area (Å²) in [6.45, 7) is 7.80. The van der Waals surface area contributed by atoms with E-state index in [-0.39, 0.29) is 11.7 Å². The zero-order valence-electron chi connectivity index (χ0n) is 16.7. The zero-order valence-corrected chi connectivity index (χ0v) is 17.4. The van der Waals surface area contributed by atoms with E-state index in [0.29, 0.717) is 23.8 Å².